The van der Waals surface area contributed by atoms with Gasteiger partial charge in [-0.05, 0) is 61.7 Å². The Morgan fingerprint density at radius 1 is 0.893 bits per heavy atom. The SMILES string of the molecule is Cc1cccc(NC(=O)Nc2cccc(-c3ccc(N4CCCC4)nn3)c2)c1. The molecule has 28 heavy (non-hydrogen) atoms. The predicted molar refractivity (Wildman–Crippen MR) is 113 cm³/mol. The van der Waals surface area contributed by atoms with Crippen LogP contribution in [0.1, 0.15) is 18.4 Å². The molecule has 3 aromatic rings. The second-order valence-corrected chi connectivity index (χ2v) is 7.00. The highest BCUT2D eigenvalue weighted by Gasteiger charge is 2.14. The van der Waals surface area contributed by atoms with Crippen molar-refractivity contribution in [2.75, 3.05) is 28.6 Å². The highest BCUT2D eigenvalue weighted by atomic mass is 16.2. The zero-order valence-electron chi connectivity index (χ0n) is 15.9. The van der Waals surface area contributed by atoms with Crippen molar-refractivity contribution >= 4 is 23.2 Å². The van der Waals surface area contributed by atoms with Crippen LogP contribution in [0, 0.1) is 6.92 Å². The number of nitrogens with zero attached hydrogens (tertiary/aromatic N) is 3. The van der Waals surface area contributed by atoms with Crippen LogP contribution in [0.3, 0.4) is 0 Å². The third-order valence-electron chi connectivity index (χ3n) is 4.77. The summed E-state index contributed by atoms with van der Waals surface area (Å²) in [5.41, 5.74) is 4.25. The van der Waals surface area contributed by atoms with Crippen molar-refractivity contribution in [1.29, 1.82) is 0 Å². The maximum absolute atomic E-state index is 12.3. The van der Waals surface area contributed by atoms with Crippen LogP contribution in [0.15, 0.2) is 60.7 Å². The Kier molecular flexibility index (Phi) is 5.19. The van der Waals surface area contributed by atoms with Gasteiger partial charge in [-0.2, -0.15) is 0 Å². The molecule has 0 aliphatic carbocycles. The first-order valence-corrected chi connectivity index (χ1v) is 9.51. The molecule has 6 heteroatoms. The normalized spacial score (nSPS) is 13.4. The molecule has 142 valence electrons. The summed E-state index contributed by atoms with van der Waals surface area (Å²) in [4.78, 5) is 14.5. The Labute approximate surface area is 164 Å². The molecule has 0 radical (unpaired) electrons. The van der Waals surface area contributed by atoms with Gasteiger partial charge >= 0.3 is 6.03 Å². The highest BCUT2D eigenvalue weighted by Crippen LogP contribution is 2.23. The van der Waals surface area contributed by atoms with E-state index in [1.807, 2.05) is 67.6 Å². The van der Waals surface area contributed by atoms with E-state index in [0.29, 0.717) is 5.69 Å². The van der Waals surface area contributed by atoms with Gasteiger partial charge in [0.15, 0.2) is 5.82 Å². The fraction of sp³-hybridized carbons (Fsp3) is 0.227. The maximum atomic E-state index is 12.3. The Bertz CT molecular complexity index is 965. The molecule has 2 aromatic carbocycles. The van der Waals surface area contributed by atoms with Crippen LogP contribution in [-0.4, -0.2) is 29.3 Å². The molecule has 1 aliphatic rings. The minimum absolute atomic E-state index is 0.279. The van der Waals surface area contributed by atoms with Crippen molar-refractivity contribution in [3.63, 3.8) is 0 Å². The lowest BCUT2D eigenvalue weighted by Gasteiger charge is -2.15. The van der Waals surface area contributed by atoms with Gasteiger partial charge in [0.25, 0.3) is 0 Å². The number of carbonyl (C=O) groups excluding carboxylic acids is 1. The van der Waals surface area contributed by atoms with Gasteiger partial charge in [-0.15, -0.1) is 10.2 Å². The smallest absolute Gasteiger partial charge is 0.323 e. The first-order chi connectivity index (χ1) is 13.7. The standard InChI is InChI=1S/C22H23N5O/c1-16-6-4-8-18(14-16)23-22(28)24-19-9-5-7-17(15-19)20-10-11-21(26-25-20)27-12-2-3-13-27/h4-11,14-15H,2-3,12-13H2,1H3,(H2,23,24,28). The van der Waals surface area contributed by atoms with Crippen molar-refractivity contribution in [2.24, 2.45) is 0 Å². The number of benzene rings is 2. The van der Waals surface area contributed by atoms with E-state index in [2.05, 4.69) is 25.7 Å². The number of aryl methyl sites for hydroxylation is 1. The highest BCUT2D eigenvalue weighted by molar-refractivity contribution is 6.00. The summed E-state index contributed by atoms with van der Waals surface area (Å²) in [7, 11) is 0. The number of carbonyl (C=O) groups is 1. The van der Waals surface area contributed by atoms with Gasteiger partial charge < -0.3 is 15.5 Å². The van der Waals surface area contributed by atoms with E-state index < -0.39 is 0 Å². The Hall–Kier alpha value is -3.41. The third kappa shape index (κ3) is 4.28. The van der Waals surface area contributed by atoms with E-state index in [-0.39, 0.29) is 6.03 Å². The van der Waals surface area contributed by atoms with Crippen LogP contribution in [0.2, 0.25) is 0 Å². The third-order valence-corrected chi connectivity index (χ3v) is 4.77. The summed E-state index contributed by atoms with van der Waals surface area (Å²) in [5, 5.41) is 14.5. The lowest BCUT2D eigenvalue weighted by molar-refractivity contribution is 0.262. The average molecular weight is 373 g/mol. The molecule has 6 nitrogen and oxygen atoms in total. The topological polar surface area (TPSA) is 70.2 Å². The molecule has 1 saturated heterocycles. The van der Waals surface area contributed by atoms with Gasteiger partial charge in [-0.1, -0.05) is 24.3 Å². The molecular weight excluding hydrogens is 350 g/mol. The Morgan fingerprint density at radius 2 is 1.61 bits per heavy atom. The summed E-state index contributed by atoms with van der Waals surface area (Å²) < 4.78 is 0. The van der Waals surface area contributed by atoms with Crippen LogP contribution in [0.5, 0.6) is 0 Å². The molecule has 0 unspecified atom stereocenters. The average Bonchev–Trinajstić information content (AvgIpc) is 3.23. The fourth-order valence-electron chi connectivity index (χ4n) is 3.37. The van der Waals surface area contributed by atoms with Crippen LogP contribution in [0.25, 0.3) is 11.3 Å². The second-order valence-electron chi connectivity index (χ2n) is 7.00. The van der Waals surface area contributed by atoms with E-state index in [0.717, 1.165) is 41.4 Å². The molecule has 1 aromatic heterocycles. The van der Waals surface area contributed by atoms with Crippen molar-refractivity contribution in [2.45, 2.75) is 19.8 Å². The largest absolute Gasteiger partial charge is 0.355 e. The van der Waals surface area contributed by atoms with Crippen LogP contribution >= 0.6 is 0 Å². The summed E-state index contributed by atoms with van der Waals surface area (Å²) in [6.45, 7) is 4.08. The van der Waals surface area contributed by atoms with Crippen LogP contribution < -0.4 is 15.5 Å². The van der Waals surface area contributed by atoms with Crippen molar-refractivity contribution in [1.82, 2.24) is 10.2 Å². The molecular formula is C22H23N5O. The second kappa shape index (κ2) is 8.08. The van der Waals surface area contributed by atoms with E-state index in [1.165, 1.54) is 12.8 Å². The molecule has 0 bridgehead atoms. The molecule has 2 N–H and O–H groups in total. The number of rotatable bonds is 4. The Morgan fingerprint density at radius 3 is 2.29 bits per heavy atom. The summed E-state index contributed by atoms with van der Waals surface area (Å²) in [5.74, 6) is 0.924. The summed E-state index contributed by atoms with van der Waals surface area (Å²) in [6, 6.07) is 19.0. The molecule has 0 spiro atoms. The molecule has 2 amide bonds. The monoisotopic (exact) mass is 373 g/mol. The summed E-state index contributed by atoms with van der Waals surface area (Å²) >= 11 is 0. The molecule has 0 saturated carbocycles. The van der Waals surface area contributed by atoms with Crippen LogP contribution in [0.4, 0.5) is 22.0 Å². The van der Waals surface area contributed by atoms with Gasteiger partial charge in [0.05, 0.1) is 5.69 Å². The number of anilines is 3. The molecule has 1 aliphatic heterocycles. The van der Waals surface area contributed by atoms with Gasteiger partial charge in [0.1, 0.15) is 0 Å². The minimum Gasteiger partial charge on any atom is -0.355 e. The maximum Gasteiger partial charge on any atom is 0.323 e. The number of nitrogens with one attached hydrogen (secondary N) is 2. The predicted octanol–water partition coefficient (Wildman–Crippen LogP) is 4.70. The first kappa shape index (κ1) is 18.0. The zero-order chi connectivity index (χ0) is 19.3. The lowest BCUT2D eigenvalue weighted by Crippen LogP contribution is -2.19. The number of amides is 2. The van der Waals surface area contributed by atoms with Gasteiger partial charge in [0.2, 0.25) is 0 Å². The van der Waals surface area contributed by atoms with E-state index in [1.54, 1.807) is 0 Å². The summed E-state index contributed by atoms with van der Waals surface area (Å²) in [6.07, 6.45) is 2.42. The number of urea groups is 1. The molecule has 0 atom stereocenters. The van der Waals surface area contributed by atoms with E-state index in [4.69, 9.17) is 0 Å². The lowest BCUT2D eigenvalue weighted by atomic mass is 10.1. The minimum atomic E-state index is -0.279. The Balaban J connectivity index is 1.44. The van der Waals surface area contributed by atoms with Crippen LogP contribution in [-0.2, 0) is 0 Å². The molecule has 1 fully saturated rings. The van der Waals surface area contributed by atoms with Gasteiger partial charge in [0, 0.05) is 30.0 Å². The van der Waals surface area contributed by atoms with Crippen molar-refractivity contribution in [3.8, 4) is 11.3 Å². The van der Waals surface area contributed by atoms with E-state index in [9.17, 15) is 4.79 Å². The van der Waals surface area contributed by atoms with Gasteiger partial charge in [-0.25, -0.2) is 4.79 Å². The first-order valence-electron chi connectivity index (χ1n) is 9.51. The molecule has 4 rings (SSSR count). The quantitative estimate of drug-likeness (QED) is 0.696. The number of hydrogen-bond acceptors (Lipinski definition) is 4. The molecule has 2 heterocycles. The van der Waals surface area contributed by atoms with Crippen molar-refractivity contribution < 1.29 is 4.79 Å². The zero-order valence-corrected chi connectivity index (χ0v) is 15.9. The van der Waals surface area contributed by atoms with E-state index >= 15 is 0 Å². The van der Waals surface area contributed by atoms with Crippen molar-refractivity contribution in [3.05, 3.63) is 66.2 Å². The fourth-order valence-corrected chi connectivity index (χ4v) is 3.37. The number of hydrogen-bond donors (Lipinski definition) is 2. The number of aromatic nitrogens is 2. The van der Waals surface area contributed by atoms with Gasteiger partial charge in [-0.3, -0.25) is 0 Å².